The minimum Gasteiger partial charge on any atom is -0.381 e. The molecule has 2 heterocycles. The minimum atomic E-state index is -0.325. The number of ether oxygens (including phenoxy) is 2. The fourth-order valence-electron chi connectivity index (χ4n) is 6.44. The number of hydrogen-bond donors (Lipinski definition) is 1. The van der Waals surface area contributed by atoms with Crippen LogP contribution in [-0.4, -0.2) is 75.2 Å². The summed E-state index contributed by atoms with van der Waals surface area (Å²) in [5.41, 5.74) is 8.03. The Labute approximate surface area is 250 Å². The lowest BCUT2D eigenvalue weighted by atomic mass is 9.88. The van der Waals surface area contributed by atoms with Gasteiger partial charge in [0.25, 0.3) is 5.91 Å². The van der Waals surface area contributed by atoms with E-state index in [1.165, 1.54) is 5.56 Å². The second-order valence-electron chi connectivity index (χ2n) is 11.8. The number of carbonyl (C=O) groups excluding carboxylic acids is 2. The van der Waals surface area contributed by atoms with Crippen molar-refractivity contribution < 1.29 is 19.1 Å². The minimum absolute atomic E-state index is 0.0489. The molecule has 3 aliphatic rings. The number of carbonyl (C=O) groups is 2. The Kier molecular flexibility index (Phi) is 9.93. The molecule has 0 radical (unpaired) electrons. The van der Waals surface area contributed by atoms with Crippen molar-refractivity contribution >= 4 is 17.4 Å². The van der Waals surface area contributed by atoms with Crippen LogP contribution in [-0.2, 0) is 20.8 Å². The predicted octanol–water partition coefficient (Wildman–Crippen LogP) is 5.32. The van der Waals surface area contributed by atoms with E-state index in [4.69, 9.17) is 9.47 Å². The van der Waals surface area contributed by atoms with Crippen LogP contribution >= 0.6 is 0 Å². The molecule has 2 aliphatic heterocycles. The first kappa shape index (κ1) is 30.2. The van der Waals surface area contributed by atoms with Crippen LogP contribution in [0.3, 0.4) is 0 Å². The highest BCUT2D eigenvalue weighted by Crippen LogP contribution is 2.34. The molecule has 0 saturated carbocycles. The van der Waals surface area contributed by atoms with Crippen LogP contribution in [0.25, 0.3) is 11.1 Å². The van der Waals surface area contributed by atoms with Crippen LogP contribution in [0, 0.1) is 12.8 Å². The second-order valence-corrected chi connectivity index (χ2v) is 11.8. The van der Waals surface area contributed by atoms with Crippen LogP contribution in [0.1, 0.15) is 55.1 Å². The van der Waals surface area contributed by atoms with Gasteiger partial charge in [0.05, 0.1) is 19.1 Å². The molecule has 1 unspecified atom stereocenters. The molecule has 1 aliphatic carbocycles. The number of rotatable bonds is 9. The van der Waals surface area contributed by atoms with E-state index >= 15 is 0 Å². The number of nitrogens with zero attached hydrogens (tertiary/aromatic N) is 2. The Morgan fingerprint density at radius 1 is 0.952 bits per heavy atom. The Balaban J connectivity index is 1.44. The zero-order chi connectivity index (χ0) is 29.6. The highest BCUT2D eigenvalue weighted by atomic mass is 16.5. The molecule has 224 valence electrons. The highest BCUT2D eigenvalue weighted by Gasteiger charge is 2.27. The van der Waals surface area contributed by atoms with Crippen LogP contribution in [0.4, 0.5) is 5.69 Å². The summed E-state index contributed by atoms with van der Waals surface area (Å²) in [5.74, 6) is -0.420. The van der Waals surface area contributed by atoms with E-state index in [0.717, 1.165) is 99.0 Å². The van der Waals surface area contributed by atoms with Gasteiger partial charge in [0.1, 0.15) is 0 Å². The fourth-order valence-corrected chi connectivity index (χ4v) is 6.44. The molecule has 2 saturated heterocycles. The van der Waals surface area contributed by atoms with Gasteiger partial charge in [-0.3, -0.25) is 14.5 Å². The zero-order valence-corrected chi connectivity index (χ0v) is 25.6. The summed E-state index contributed by atoms with van der Waals surface area (Å²) in [6.07, 6.45) is 5.64. The van der Waals surface area contributed by atoms with Crippen LogP contribution in [0.5, 0.6) is 0 Å². The first-order chi connectivity index (χ1) is 20.3. The van der Waals surface area contributed by atoms with Gasteiger partial charge < -0.3 is 19.7 Å². The van der Waals surface area contributed by atoms with E-state index in [2.05, 4.69) is 52.4 Å². The molecule has 1 amide bonds. The van der Waals surface area contributed by atoms with Gasteiger partial charge in [-0.2, -0.15) is 0 Å². The first-order valence-electron chi connectivity index (χ1n) is 15.4. The molecule has 2 aromatic rings. The van der Waals surface area contributed by atoms with E-state index in [9.17, 15) is 9.59 Å². The standard InChI is InChI=1S/C35H45N3O4/c1-5-38(30-10-14-41-15-11-30)33-21-29(28-8-6-27(7-9-28)23-37-12-16-42-17-13-37)20-31(26(33)4)35(40)36-22-32-25(3)18-24(2)19-34(32)39/h6-9,18-21,30,32H,5,10-17,22-23H2,1-4H3,(H,36,40). The largest absolute Gasteiger partial charge is 0.381 e. The molecule has 0 aromatic heterocycles. The molecule has 42 heavy (non-hydrogen) atoms. The number of nitrogens with one attached hydrogen (secondary N) is 1. The SMILES string of the molecule is CCN(c1cc(-c2ccc(CN3CCOCC3)cc2)cc(C(=O)NCC2C(=O)C=C(C)C=C2C)c1C)C1CCOCC1. The molecule has 7 nitrogen and oxygen atoms in total. The van der Waals surface area contributed by atoms with E-state index in [1.54, 1.807) is 6.08 Å². The molecule has 0 bridgehead atoms. The third-order valence-corrected chi connectivity index (χ3v) is 8.89. The topological polar surface area (TPSA) is 71.1 Å². The van der Waals surface area contributed by atoms with Crippen LogP contribution in [0.15, 0.2) is 59.7 Å². The number of morpholine rings is 1. The predicted molar refractivity (Wildman–Crippen MR) is 168 cm³/mol. The molecule has 1 atom stereocenters. The maximum absolute atomic E-state index is 13.8. The fraction of sp³-hybridized carbons (Fsp3) is 0.486. The monoisotopic (exact) mass is 571 g/mol. The normalized spacial score (nSPS) is 20.2. The molecule has 2 fully saturated rings. The molecule has 2 aromatic carbocycles. The highest BCUT2D eigenvalue weighted by molar-refractivity contribution is 6.00. The lowest BCUT2D eigenvalue weighted by Gasteiger charge is -2.37. The van der Waals surface area contributed by atoms with Crippen molar-refractivity contribution in [3.05, 3.63) is 76.4 Å². The number of hydrogen-bond acceptors (Lipinski definition) is 6. The van der Waals surface area contributed by atoms with Gasteiger partial charge in [0.2, 0.25) is 0 Å². The van der Waals surface area contributed by atoms with Crippen molar-refractivity contribution in [1.82, 2.24) is 10.2 Å². The Morgan fingerprint density at radius 3 is 2.31 bits per heavy atom. The first-order valence-corrected chi connectivity index (χ1v) is 15.4. The molecule has 5 rings (SSSR count). The van der Waals surface area contributed by atoms with Gasteiger partial charge >= 0.3 is 0 Å². The lowest BCUT2D eigenvalue weighted by molar-refractivity contribution is -0.117. The summed E-state index contributed by atoms with van der Waals surface area (Å²) < 4.78 is 11.2. The van der Waals surface area contributed by atoms with Crippen molar-refractivity contribution in [2.45, 2.75) is 53.1 Å². The molecule has 7 heteroatoms. The van der Waals surface area contributed by atoms with E-state index in [-0.39, 0.29) is 24.2 Å². The van der Waals surface area contributed by atoms with Crippen LogP contribution < -0.4 is 10.2 Å². The summed E-state index contributed by atoms with van der Waals surface area (Å²) in [6, 6.07) is 13.3. The van der Waals surface area contributed by atoms with E-state index in [1.807, 2.05) is 32.9 Å². The number of allylic oxidation sites excluding steroid dienone is 3. The van der Waals surface area contributed by atoms with Crippen molar-refractivity contribution in [2.24, 2.45) is 5.92 Å². The molecular formula is C35H45N3O4. The van der Waals surface area contributed by atoms with Crippen molar-refractivity contribution in [2.75, 3.05) is 57.5 Å². The maximum Gasteiger partial charge on any atom is 0.251 e. The summed E-state index contributed by atoms with van der Waals surface area (Å²) >= 11 is 0. The number of benzene rings is 2. The number of amides is 1. The molecule has 1 N–H and O–H groups in total. The van der Waals surface area contributed by atoms with Crippen molar-refractivity contribution in [3.8, 4) is 11.1 Å². The molecule has 0 spiro atoms. The Morgan fingerprint density at radius 2 is 1.64 bits per heavy atom. The van der Waals surface area contributed by atoms with Crippen molar-refractivity contribution in [3.63, 3.8) is 0 Å². The van der Waals surface area contributed by atoms with Gasteiger partial charge in [-0.05, 0) is 86.6 Å². The smallest absolute Gasteiger partial charge is 0.251 e. The molecular weight excluding hydrogens is 526 g/mol. The summed E-state index contributed by atoms with van der Waals surface area (Å²) in [7, 11) is 0. The lowest BCUT2D eigenvalue weighted by Crippen LogP contribution is -2.40. The number of anilines is 1. The van der Waals surface area contributed by atoms with E-state index in [0.29, 0.717) is 11.6 Å². The summed E-state index contributed by atoms with van der Waals surface area (Å²) in [5, 5.41) is 3.10. The van der Waals surface area contributed by atoms with Gasteiger partial charge in [-0.15, -0.1) is 0 Å². The maximum atomic E-state index is 13.8. The van der Waals surface area contributed by atoms with Gasteiger partial charge in [-0.1, -0.05) is 35.9 Å². The van der Waals surface area contributed by atoms with Crippen molar-refractivity contribution in [1.29, 1.82) is 0 Å². The van der Waals surface area contributed by atoms with Gasteiger partial charge in [0, 0.05) is 63.2 Å². The third kappa shape index (κ3) is 7.02. The van der Waals surface area contributed by atoms with Gasteiger partial charge in [-0.25, -0.2) is 0 Å². The third-order valence-electron chi connectivity index (χ3n) is 8.89. The summed E-state index contributed by atoms with van der Waals surface area (Å²) in [4.78, 5) is 31.3. The zero-order valence-electron chi connectivity index (χ0n) is 25.6. The Bertz CT molecular complexity index is 1330. The quantitative estimate of drug-likeness (QED) is 0.439. The average molecular weight is 572 g/mol. The van der Waals surface area contributed by atoms with Crippen LogP contribution in [0.2, 0.25) is 0 Å². The summed E-state index contributed by atoms with van der Waals surface area (Å²) in [6.45, 7) is 15.2. The second kappa shape index (κ2) is 13.8. The Hall–Kier alpha value is -3.26. The van der Waals surface area contributed by atoms with Gasteiger partial charge in [0.15, 0.2) is 5.78 Å². The average Bonchev–Trinajstić information content (AvgIpc) is 2.99. The van der Waals surface area contributed by atoms with E-state index < -0.39 is 0 Å². The number of ketones is 1.